The van der Waals surface area contributed by atoms with Crippen LogP contribution in [0, 0.1) is 17.8 Å². The Bertz CT molecular complexity index is 2170. The third-order valence-corrected chi connectivity index (χ3v) is 14.1. The molecule has 0 radical (unpaired) electrons. The summed E-state index contributed by atoms with van der Waals surface area (Å²) in [5.41, 5.74) is 7.02. The highest BCUT2D eigenvalue weighted by atomic mass is 16.7. The minimum Gasteiger partial charge on any atom is -0.462 e. The van der Waals surface area contributed by atoms with Crippen molar-refractivity contribution in [2.24, 2.45) is 23.5 Å². The highest BCUT2D eigenvalue weighted by molar-refractivity contribution is 6.61. The van der Waals surface area contributed by atoms with E-state index < -0.39 is 160 Å². The van der Waals surface area contributed by atoms with Crippen molar-refractivity contribution in [2.75, 3.05) is 0 Å². The number of nitrogens with two attached hydrogens (primary N) is 1. The van der Waals surface area contributed by atoms with Crippen molar-refractivity contribution in [3.05, 3.63) is 115 Å². The van der Waals surface area contributed by atoms with Gasteiger partial charge in [0.15, 0.2) is 12.1 Å². The minimum absolute atomic E-state index is 0.118. The fourth-order valence-corrected chi connectivity index (χ4v) is 9.58. The van der Waals surface area contributed by atoms with Gasteiger partial charge in [0.1, 0.15) is 18.4 Å². The Morgan fingerprint density at radius 3 is 1.97 bits per heavy atom. The van der Waals surface area contributed by atoms with Crippen LogP contribution in [0.3, 0.4) is 0 Å². The fraction of sp³-hybridized carbons (Fsp3) is 0.593. The van der Waals surface area contributed by atoms with Crippen LogP contribution in [0.2, 0.25) is 0 Å². The van der Waals surface area contributed by atoms with E-state index >= 15 is 0 Å². The van der Waals surface area contributed by atoms with Gasteiger partial charge in [0.25, 0.3) is 0 Å². The van der Waals surface area contributed by atoms with Crippen LogP contribution in [0.25, 0.3) is 0 Å². The van der Waals surface area contributed by atoms with E-state index in [-0.39, 0.29) is 31.6 Å². The van der Waals surface area contributed by atoms with Crippen LogP contribution < -0.4 is 16.5 Å². The number of cyclic esters (lactones) is 1. The summed E-state index contributed by atoms with van der Waals surface area (Å²) in [7, 11) is -1.36. The van der Waals surface area contributed by atoms with Crippen molar-refractivity contribution in [1.29, 1.82) is 0 Å². The van der Waals surface area contributed by atoms with E-state index in [0.29, 0.717) is 11.0 Å². The van der Waals surface area contributed by atoms with E-state index in [2.05, 4.69) is 5.32 Å². The summed E-state index contributed by atoms with van der Waals surface area (Å²) in [4.78, 5) is 27.0. The number of esters is 1. The zero-order valence-electron chi connectivity index (χ0n) is 43.0. The molecule has 2 fully saturated rings. The molecule has 4 heterocycles. The van der Waals surface area contributed by atoms with E-state index in [1.165, 1.54) is 0 Å². The molecule has 2 saturated heterocycles. The predicted octanol–water partition coefficient (Wildman–Crippen LogP) is 0.160. The summed E-state index contributed by atoms with van der Waals surface area (Å²) < 4.78 is 29.5. The molecule has 4 aliphatic rings. The van der Waals surface area contributed by atoms with Gasteiger partial charge in [0.2, 0.25) is 5.91 Å². The molecule has 0 aromatic heterocycles. The molecular formula is C54H79BN2O18. The summed E-state index contributed by atoms with van der Waals surface area (Å²) in [5, 5.41) is 124. The van der Waals surface area contributed by atoms with Gasteiger partial charge in [-0.1, -0.05) is 123 Å². The van der Waals surface area contributed by atoms with Crippen LogP contribution in [0.4, 0.5) is 0 Å². The molecule has 5 rings (SSSR count). The first kappa shape index (κ1) is 61.6. The van der Waals surface area contributed by atoms with Gasteiger partial charge in [-0.25, -0.2) is 0 Å². The van der Waals surface area contributed by atoms with Gasteiger partial charge >= 0.3 is 13.1 Å². The van der Waals surface area contributed by atoms with E-state index in [1.807, 2.05) is 31.2 Å². The number of allylic oxidation sites excluding steroid dienone is 12. The number of benzene rings is 1. The maximum Gasteiger partial charge on any atom is 0.493 e. The molecule has 0 saturated carbocycles. The van der Waals surface area contributed by atoms with E-state index in [9.17, 15) is 65.7 Å². The van der Waals surface area contributed by atoms with Crippen LogP contribution >= 0.6 is 0 Å². The largest absolute Gasteiger partial charge is 0.493 e. The Morgan fingerprint density at radius 2 is 1.32 bits per heavy atom. The third kappa shape index (κ3) is 18.5. The lowest BCUT2D eigenvalue weighted by atomic mass is 9.79. The average Bonchev–Trinajstić information content (AvgIpc) is 3.66. The minimum atomic E-state index is -2.36. The van der Waals surface area contributed by atoms with Gasteiger partial charge in [-0.2, -0.15) is 0 Å². The number of aliphatic hydroxyl groups excluding tert-OH is 9. The van der Waals surface area contributed by atoms with Crippen molar-refractivity contribution >= 4 is 24.5 Å². The Balaban J connectivity index is 1.41. The fourth-order valence-electron chi connectivity index (χ4n) is 9.58. The monoisotopic (exact) mass is 1050 g/mol. The number of nitrogens with one attached hydrogen (secondary N) is 1. The Morgan fingerprint density at radius 1 is 0.707 bits per heavy atom. The molecule has 2 bridgehead atoms. The first-order chi connectivity index (χ1) is 35.6. The third-order valence-electron chi connectivity index (χ3n) is 14.1. The van der Waals surface area contributed by atoms with Gasteiger partial charge in [0.05, 0.1) is 85.5 Å². The Labute approximate surface area is 439 Å². The number of carbonyl (C=O) groups excluding carboxylic acids is 2. The van der Waals surface area contributed by atoms with Crippen molar-refractivity contribution < 1.29 is 89.3 Å². The second-order valence-electron chi connectivity index (χ2n) is 20.2. The second-order valence-corrected chi connectivity index (χ2v) is 20.2. The van der Waals surface area contributed by atoms with Gasteiger partial charge in [-0.15, -0.1) is 0 Å². The van der Waals surface area contributed by atoms with Crippen LogP contribution in [-0.2, 0) is 33.2 Å². The van der Waals surface area contributed by atoms with Crippen LogP contribution in [0.15, 0.2) is 109 Å². The Kier molecular flexibility index (Phi) is 24.2. The number of rotatable bonds is 4. The quantitative estimate of drug-likeness (QED) is 0.141. The van der Waals surface area contributed by atoms with Crippen LogP contribution in [0.5, 0.6) is 0 Å². The molecule has 0 aliphatic carbocycles. The van der Waals surface area contributed by atoms with Crippen LogP contribution in [-0.4, -0.2) is 173 Å². The lowest BCUT2D eigenvalue weighted by Gasteiger charge is -2.46. The zero-order chi connectivity index (χ0) is 55.0. The van der Waals surface area contributed by atoms with Gasteiger partial charge in [-0.3, -0.25) is 9.59 Å². The van der Waals surface area contributed by atoms with Crippen molar-refractivity contribution in [3.63, 3.8) is 0 Å². The molecule has 0 spiro atoms. The summed E-state index contributed by atoms with van der Waals surface area (Å²) in [6, 6.07) is 5.49. The predicted molar refractivity (Wildman–Crippen MR) is 275 cm³/mol. The van der Waals surface area contributed by atoms with Gasteiger partial charge < -0.3 is 90.7 Å². The number of fused-ring (bicyclic) bond motifs is 3. The lowest BCUT2D eigenvalue weighted by molar-refractivity contribution is -0.307. The maximum absolute atomic E-state index is 14.3. The molecule has 1 aromatic carbocycles. The van der Waals surface area contributed by atoms with Gasteiger partial charge in [-0.05, 0) is 44.1 Å². The maximum atomic E-state index is 14.3. The molecule has 1 amide bonds. The second kappa shape index (κ2) is 29.5. The highest BCUT2D eigenvalue weighted by Gasteiger charge is 2.52. The summed E-state index contributed by atoms with van der Waals surface area (Å²) in [6.45, 7) is 6.76. The van der Waals surface area contributed by atoms with Crippen LogP contribution in [0.1, 0.15) is 90.9 Å². The molecule has 14 N–H and O–H groups in total. The first-order valence-electron chi connectivity index (χ1n) is 25.8. The van der Waals surface area contributed by atoms with Crippen molar-refractivity contribution in [3.8, 4) is 0 Å². The molecule has 75 heavy (non-hydrogen) atoms. The van der Waals surface area contributed by atoms with E-state index in [1.54, 1.807) is 106 Å². The summed E-state index contributed by atoms with van der Waals surface area (Å²) >= 11 is 0. The molecular weight excluding hydrogens is 975 g/mol. The molecule has 20 atom stereocenters. The molecule has 0 unspecified atom stereocenters. The highest BCUT2D eigenvalue weighted by Crippen LogP contribution is 2.39. The molecule has 20 nitrogen and oxygen atoms in total. The Hall–Kier alpha value is -4.24. The van der Waals surface area contributed by atoms with E-state index in [4.69, 9.17) is 29.3 Å². The summed E-state index contributed by atoms with van der Waals surface area (Å²) in [5.74, 6) is -6.10. The lowest BCUT2D eigenvalue weighted by Crippen LogP contribution is -2.62. The number of amides is 1. The molecule has 4 aliphatic heterocycles. The molecule has 21 heteroatoms. The number of carbonyl (C=O) groups is 2. The molecule has 416 valence electrons. The molecule has 1 aromatic rings. The number of ether oxygens (including phenoxy) is 4. The normalized spacial score (nSPS) is 39.7. The van der Waals surface area contributed by atoms with Crippen molar-refractivity contribution in [2.45, 2.75) is 183 Å². The van der Waals surface area contributed by atoms with Gasteiger partial charge in [0, 0.05) is 37.5 Å². The number of hydrogen-bond acceptors (Lipinski definition) is 19. The smallest absolute Gasteiger partial charge is 0.462 e. The first-order valence-corrected chi connectivity index (χ1v) is 25.8. The van der Waals surface area contributed by atoms with E-state index in [0.717, 1.165) is 0 Å². The van der Waals surface area contributed by atoms with Crippen molar-refractivity contribution in [1.82, 2.24) is 5.32 Å². The average molecular weight is 1060 g/mol. The zero-order valence-corrected chi connectivity index (χ0v) is 43.0. The number of aliphatic hydroxyl groups is 10. The topological polar surface area (TPSA) is 341 Å². The standard InChI is InChI=1S/C54H79BN2O18/c1-31-19-15-13-11-9-7-5-6-8-10-12-14-16-20-38(73-53-50(67)47(56)49(66)34(4)72-53)28-44-46(51(68)57-52-39-21-17-18-22-40(39)55(70)75-52)43(63)30-54(69,74-44)29-37(60)26-42(62)41(61)24-23-35(58)25-36(59)27-45(64)71-33(3)32(2)48(31)65/h5-22,31-38,41-44,46-50,52-53,58-63,65-67,69-70H,23-30,56H2,1-4H3,(H,57,68)/t31-,32-,33-,34+,35+,36+,37-,38-,41+,42+,43-,44-,46+,47-,48+,49+,50-,52-,53-,54+/m0/s1. The number of hydrogen-bond donors (Lipinski definition) is 13. The summed E-state index contributed by atoms with van der Waals surface area (Å²) in [6.07, 6.45) is 2.32. The SMILES string of the molecule is C[C@@H]1[C@H](O)[C@@H](C)C=CC=CC=CC=CC=CC=CC=C[C@H](O[C@@H]2O[C@H](C)[C@@H](O)[C@H](N)[C@@H]2O)C[C@@H]2O[C@](O)(C[C@@H](O)C[C@@H](O)[C@H](O)CC[C@@H](O)C[C@@H](O)CC(=O)O[C@H]1C)C[C@H](O)[C@H]2C(=O)N[C@H]1OB(O)c2ccccc21.